The van der Waals surface area contributed by atoms with E-state index >= 15 is 0 Å². The third-order valence-electron chi connectivity index (χ3n) is 13.1. The minimum Gasteiger partial charge on any atom is -0.463 e. The number of esters is 2. The first-order valence-corrected chi connectivity index (χ1v) is 20.6. The molecule has 0 aromatic rings. The van der Waals surface area contributed by atoms with Crippen LogP contribution in [0.1, 0.15) is 128 Å². The van der Waals surface area contributed by atoms with Crippen molar-refractivity contribution < 1.29 is 38.0 Å². The summed E-state index contributed by atoms with van der Waals surface area (Å²) in [5.74, 6) is 5.64. The highest BCUT2D eigenvalue weighted by molar-refractivity contribution is 5.81. The smallest absolute Gasteiger partial charge is 0.330 e. The Kier molecular flexibility index (Phi) is 17.1. The van der Waals surface area contributed by atoms with Gasteiger partial charge in [0.1, 0.15) is 0 Å². The van der Waals surface area contributed by atoms with Crippen LogP contribution in [0.4, 0.5) is 0 Å². The van der Waals surface area contributed by atoms with Crippen molar-refractivity contribution in [2.45, 2.75) is 141 Å². The molecule has 1 heterocycles. The maximum Gasteiger partial charge on any atom is 0.330 e. The van der Waals surface area contributed by atoms with Crippen molar-refractivity contribution in [2.24, 2.45) is 47.3 Å². The Balaban J connectivity index is 0.903. The van der Waals surface area contributed by atoms with Crippen LogP contribution in [0.15, 0.2) is 25.3 Å². The largest absolute Gasteiger partial charge is 0.463 e. The molecular formula is C42H68O8. The number of hydrogen-bond acceptors (Lipinski definition) is 8. The van der Waals surface area contributed by atoms with Gasteiger partial charge in [-0.2, -0.15) is 0 Å². The molecule has 5 fully saturated rings. The molecule has 4 saturated carbocycles. The first-order chi connectivity index (χ1) is 24.5. The summed E-state index contributed by atoms with van der Waals surface area (Å²) in [6, 6.07) is 0. The van der Waals surface area contributed by atoms with E-state index in [9.17, 15) is 9.59 Å². The summed E-state index contributed by atoms with van der Waals surface area (Å²) in [6.07, 6.45) is 26.9. The third kappa shape index (κ3) is 13.0. The highest BCUT2D eigenvalue weighted by atomic mass is 16.8. The fourth-order valence-electron chi connectivity index (χ4n) is 9.96. The first-order valence-electron chi connectivity index (χ1n) is 20.6. The zero-order chi connectivity index (χ0) is 35.0. The van der Waals surface area contributed by atoms with E-state index < -0.39 is 12.6 Å². The highest BCUT2D eigenvalue weighted by Gasteiger charge is 2.35. The van der Waals surface area contributed by atoms with Gasteiger partial charge >= 0.3 is 11.9 Å². The van der Waals surface area contributed by atoms with Gasteiger partial charge in [0.05, 0.1) is 39.6 Å². The van der Waals surface area contributed by atoms with Crippen molar-refractivity contribution in [1.29, 1.82) is 0 Å². The Labute approximate surface area is 302 Å². The van der Waals surface area contributed by atoms with Gasteiger partial charge < -0.3 is 28.4 Å². The summed E-state index contributed by atoms with van der Waals surface area (Å²) in [4.78, 5) is 22.5. The monoisotopic (exact) mass is 700 g/mol. The van der Waals surface area contributed by atoms with E-state index in [4.69, 9.17) is 28.4 Å². The number of carbonyl (C=O) groups excluding carboxylic acids is 2. The quantitative estimate of drug-likeness (QED) is 0.0796. The molecule has 2 unspecified atom stereocenters. The highest BCUT2D eigenvalue weighted by Crippen LogP contribution is 2.44. The van der Waals surface area contributed by atoms with Gasteiger partial charge in [-0.05, 0) is 150 Å². The van der Waals surface area contributed by atoms with Crippen LogP contribution in [0.2, 0.25) is 0 Å². The van der Waals surface area contributed by atoms with Crippen LogP contribution in [-0.2, 0) is 38.0 Å². The van der Waals surface area contributed by atoms with Crippen molar-refractivity contribution in [1.82, 2.24) is 0 Å². The number of ether oxygens (including phenoxy) is 6. The lowest BCUT2D eigenvalue weighted by atomic mass is 9.69. The minimum absolute atomic E-state index is 0.309. The van der Waals surface area contributed by atoms with E-state index in [1.807, 2.05) is 0 Å². The zero-order valence-electron chi connectivity index (χ0n) is 31.0. The normalized spacial score (nSPS) is 35.1. The van der Waals surface area contributed by atoms with E-state index in [0.717, 1.165) is 61.6 Å². The number of carbonyl (C=O) groups is 2. The van der Waals surface area contributed by atoms with E-state index in [-0.39, 0.29) is 11.9 Å². The van der Waals surface area contributed by atoms with Gasteiger partial charge in [-0.15, -0.1) is 0 Å². The second-order valence-electron chi connectivity index (χ2n) is 16.3. The van der Waals surface area contributed by atoms with E-state index in [0.29, 0.717) is 38.3 Å². The molecule has 1 aliphatic heterocycles. The first kappa shape index (κ1) is 39.5. The van der Waals surface area contributed by atoms with Gasteiger partial charge in [-0.1, -0.05) is 38.8 Å². The summed E-state index contributed by atoms with van der Waals surface area (Å²) >= 11 is 0. The Morgan fingerprint density at radius 1 is 0.500 bits per heavy atom. The average Bonchev–Trinajstić information content (AvgIpc) is 3.17. The summed E-state index contributed by atoms with van der Waals surface area (Å²) in [7, 11) is 0. The Morgan fingerprint density at radius 3 is 1.14 bits per heavy atom. The van der Waals surface area contributed by atoms with Gasteiger partial charge in [0.25, 0.3) is 0 Å². The van der Waals surface area contributed by atoms with Crippen molar-refractivity contribution >= 4 is 11.9 Å². The van der Waals surface area contributed by atoms with E-state index in [2.05, 4.69) is 13.2 Å². The van der Waals surface area contributed by atoms with Gasteiger partial charge in [0.2, 0.25) is 12.6 Å². The molecule has 0 aromatic heterocycles. The number of hydrogen-bond donors (Lipinski definition) is 0. The molecule has 5 aliphatic rings. The van der Waals surface area contributed by atoms with Crippen LogP contribution < -0.4 is 0 Å². The second kappa shape index (κ2) is 21.7. The molecule has 8 heteroatoms. The molecule has 2 atom stereocenters. The van der Waals surface area contributed by atoms with Gasteiger partial charge in [-0.3, -0.25) is 0 Å². The molecule has 284 valence electrons. The van der Waals surface area contributed by atoms with Gasteiger partial charge in [0.15, 0.2) is 0 Å². The van der Waals surface area contributed by atoms with Crippen LogP contribution in [0.25, 0.3) is 0 Å². The summed E-state index contributed by atoms with van der Waals surface area (Å²) < 4.78 is 35.1. The molecule has 50 heavy (non-hydrogen) atoms. The standard InChI is InChI=1S/C42H68O8/c1-3-39(43)45-25-5-7-31-9-17-35(18-10-31)37-21-13-33(14-22-37)29-49-41-42(48-28-27-47-41)50-30-34-15-23-38(24-16-34)36-19-11-32(12-20-36)8-6-26-46-40(44)4-2/h3-4,31-38,41-42H,1-2,5-30H2. The lowest BCUT2D eigenvalue weighted by molar-refractivity contribution is -0.325. The third-order valence-corrected chi connectivity index (χ3v) is 13.1. The minimum atomic E-state index is -0.419. The molecule has 4 aliphatic carbocycles. The molecule has 0 aromatic carbocycles. The molecule has 5 rings (SSSR count). The molecule has 0 radical (unpaired) electrons. The second-order valence-corrected chi connectivity index (χ2v) is 16.3. The van der Waals surface area contributed by atoms with Crippen LogP contribution in [-0.4, -0.2) is 64.2 Å². The van der Waals surface area contributed by atoms with Crippen molar-refractivity contribution in [3.63, 3.8) is 0 Å². The maximum atomic E-state index is 11.2. The van der Waals surface area contributed by atoms with Crippen LogP contribution in [0.5, 0.6) is 0 Å². The predicted octanol–water partition coefficient (Wildman–Crippen LogP) is 8.96. The molecule has 0 bridgehead atoms. The van der Waals surface area contributed by atoms with Crippen molar-refractivity contribution in [3.8, 4) is 0 Å². The number of rotatable bonds is 18. The Morgan fingerprint density at radius 2 is 0.820 bits per heavy atom. The Bertz CT molecular complexity index is 919. The summed E-state index contributed by atoms with van der Waals surface area (Å²) in [5.41, 5.74) is 0. The Hall–Kier alpha value is -1.74. The molecule has 0 N–H and O–H groups in total. The molecule has 0 spiro atoms. The van der Waals surface area contributed by atoms with E-state index in [1.54, 1.807) is 0 Å². The predicted molar refractivity (Wildman–Crippen MR) is 194 cm³/mol. The molecular weight excluding hydrogens is 632 g/mol. The van der Waals surface area contributed by atoms with E-state index in [1.165, 1.54) is 128 Å². The van der Waals surface area contributed by atoms with Crippen LogP contribution >= 0.6 is 0 Å². The molecule has 0 amide bonds. The SMILES string of the molecule is C=CC(=O)OCCCC1CCC(C2CCC(COC3OCCOC3OCC3CCC(C4CCC(CCCOC(=O)C=C)CC4)CC3)CC2)CC1. The average molecular weight is 701 g/mol. The summed E-state index contributed by atoms with van der Waals surface area (Å²) in [5, 5.41) is 0. The van der Waals surface area contributed by atoms with Crippen LogP contribution in [0, 0.1) is 47.3 Å². The van der Waals surface area contributed by atoms with Crippen LogP contribution in [0.3, 0.4) is 0 Å². The lowest BCUT2D eigenvalue weighted by Gasteiger charge is -2.39. The van der Waals surface area contributed by atoms with Crippen molar-refractivity contribution in [2.75, 3.05) is 39.6 Å². The van der Waals surface area contributed by atoms with Crippen molar-refractivity contribution in [3.05, 3.63) is 25.3 Å². The maximum absolute atomic E-state index is 11.2. The summed E-state index contributed by atoms with van der Waals surface area (Å²) in [6.45, 7) is 10.6. The zero-order valence-corrected chi connectivity index (χ0v) is 31.0. The van der Waals surface area contributed by atoms with Gasteiger partial charge in [-0.25, -0.2) is 9.59 Å². The lowest BCUT2D eigenvalue weighted by Crippen LogP contribution is -2.43. The molecule has 8 nitrogen and oxygen atoms in total. The molecule has 1 saturated heterocycles. The topological polar surface area (TPSA) is 89.5 Å². The fraction of sp³-hybridized carbons (Fsp3) is 0.857. The fourth-order valence-corrected chi connectivity index (χ4v) is 9.96. The van der Waals surface area contributed by atoms with Gasteiger partial charge in [0, 0.05) is 12.2 Å².